The zero-order chi connectivity index (χ0) is 12.6. The van der Waals surface area contributed by atoms with E-state index in [-0.39, 0.29) is 18.0 Å². The van der Waals surface area contributed by atoms with Gasteiger partial charge in [0.2, 0.25) is 0 Å². The molecule has 0 spiro atoms. The fourth-order valence-corrected chi connectivity index (χ4v) is 1.58. The van der Waals surface area contributed by atoms with Crippen LogP contribution in [0.4, 0.5) is 0 Å². The third-order valence-electron chi connectivity index (χ3n) is 2.46. The average Bonchev–Trinajstić information content (AvgIpc) is 2.22. The van der Waals surface area contributed by atoms with Crippen molar-refractivity contribution in [2.75, 3.05) is 6.54 Å². The van der Waals surface area contributed by atoms with Crippen LogP contribution in [0.5, 0.6) is 0 Å². The fraction of sp³-hybridized carbons (Fsp3) is 0.909. The predicted octanol–water partition coefficient (Wildman–Crippen LogP) is 0.898. The normalized spacial score (nSPS) is 16.4. The summed E-state index contributed by atoms with van der Waals surface area (Å²) in [5.41, 5.74) is 5.43. The molecule has 0 amide bonds. The van der Waals surface area contributed by atoms with Gasteiger partial charge in [0.1, 0.15) is 5.84 Å². The van der Waals surface area contributed by atoms with E-state index in [0.29, 0.717) is 18.9 Å². The maximum Gasteiger partial charge on any atom is 0.140 e. The smallest absolute Gasteiger partial charge is 0.140 e. The van der Waals surface area contributed by atoms with Crippen molar-refractivity contribution in [2.24, 2.45) is 16.8 Å². The number of amidine groups is 1. The lowest BCUT2D eigenvalue weighted by Gasteiger charge is -2.19. The summed E-state index contributed by atoms with van der Waals surface area (Å²) in [5, 5.41) is 24.3. The minimum absolute atomic E-state index is 0.151. The molecule has 0 rings (SSSR count). The minimum Gasteiger partial charge on any atom is -0.409 e. The van der Waals surface area contributed by atoms with Gasteiger partial charge in [-0.15, -0.1) is 0 Å². The maximum atomic E-state index is 9.68. The third kappa shape index (κ3) is 7.48. The van der Waals surface area contributed by atoms with Crippen LogP contribution >= 0.6 is 0 Å². The van der Waals surface area contributed by atoms with Gasteiger partial charge in [-0.25, -0.2) is 0 Å². The highest BCUT2D eigenvalue weighted by atomic mass is 16.4. The molecule has 2 unspecified atom stereocenters. The first kappa shape index (κ1) is 15.2. The Morgan fingerprint density at radius 3 is 2.50 bits per heavy atom. The van der Waals surface area contributed by atoms with Crippen molar-refractivity contribution >= 4 is 5.84 Å². The van der Waals surface area contributed by atoms with Crippen molar-refractivity contribution < 1.29 is 10.3 Å². The molecule has 0 heterocycles. The number of hydrogen-bond acceptors (Lipinski definition) is 4. The maximum absolute atomic E-state index is 9.68. The second-order valence-corrected chi connectivity index (χ2v) is 4.59. The predicted molar refractivity (Wildman–Crippen MR) is 65.6 cm³/mol. The molecule has 0 fully saturated rings. The Labute approximate surface area is 97.7 Å². The van der Waals surface area contributed by atoms with Crippen LogP contribution in [0.25, 0.3) is 0 Å². The van der Waals surface area contributed by atoms with Crippen molar-refractivity contribution in [1.29, 1.82) is 0 Å². The molecule has 0 aromatic heterocycles. The molecule has 16 heavy (non-hydrogen) atoms. The summed E-state index contributed by atoms with van der Waals surface area (Å²) < 4.78 is 0. The number of hydrogen-bond donors (Lipinski definition) is 4. The number of nitrogens with two attached hydrogens (primary N) is 1. The van der Waals surface area contributed by atoms with E-state index in [9.17, 15) is 5.11 Å². The molecule has 0 bridgehead atoms. The molecular formula is C11H25N3O2. The van der Waals surface area contributed by atoms with Crippen molar-refractivity contribution in [1.82, 2.24) is 5.32 Å². The first-order valence-corrected chi connectivity index (χ1v) is 5.87. The fourth-order valence-electron chi connectivity index (χ4n) is 1.58. The number of nitrogens with one attached hydrogen (secondary N) is 1. The van der Waals surface area contributed by atoms with Crippen LogP contribution < -0.4 is 11.1 Å². The van der Waals surface area contributed by atoms with Gasteiger partial charge in [-0.2, -0.15) is 0 Å². The van der Waals surface area contributed by atoms with E-state index in [0.717, 1.165) is 12.8 Å². The molecule has 0 aliphatic rings. The molecule has 5 N–H and O–H groups in total. The van der Waals surface area contributed by atoms with E-state index in [4.69, 9.17) is 10.9 Å². The van der Waals surface area contributed by atoms with Crippen LogP contribution in [0, 0.1) is 5.92 Å². The lowest BCUT2D eigenvalue weighted by molar-refractivity contribution is 0.142. The molecule has 5 heteroatoms. The molecule has 0 radical (unpaired) electrons. The molecule has 96 valence electrons. The Balaban J connectivity index is 3.86. The molecule has 5 nitrogen and oxygen atoms in total. The van der Waals surface area contributed by atoms with Gasteiger partial charge in [-0.05, 0) is 18.8 Å². The average molecular weight is 231 g/mol. The van der Waals surface area contributed by atoms with Gasteiger partial charge in [0, 0.05) is 19.0 Å². The van der Waals surface area contributed by atoms with Crippen LogP contribution in [-0.4, -0.2) is 34.8 Å². The Morgan fingerprint density at radius 1 is 1.44 bits per heavy atom. The Morgan fingerprint density at radius 2 is 2.06 bits per heavy atom. The zero-order valence-electron chi connectivity index (χ0n) is 10.5. The molecule has 0 aromatic carbocycles. The summed E-state index contributed by atoms with van der Waals surface area (Å²) in [5.74, 6) is 0.707. The van der Waals surface area contributed by atoms with E-state index in [1.165, 1.54) is 0 Å². The number of rotatable bonds is 8. The standard InChI is InChI=1S/C11H25N3O2/c1-4-9(6-11(12)14-16)13-7-10(15)5-8(2)3/h8-10,13,15-16H,4-7H2,1-3H3,(H2,12,14). The second-order valence-electron chi connectivity index (χ2n) is 4.59. The SMILES string of the molecule is CCC(CC(N)=NO)NCC(O)CC(C)C. The summed E-state index contributed by atoms with van der Waals surface area (Å²) in [6.45, 7) is 6.74. The first-order valence-electron chi connectivity index (χ1n) is 5.87. The van der Waals surface area contributed by atoms with Crippen LogP contribution in [0.3, 0.4) is 0 Å². The van der Waals surface area contributed by atoms with Crippen molar-refractivity contribution in [2.45, 2.75) is 52.2 Å². The molecule has 0 aliphatic carbocycles. The second kappa shape index (κ2) is 8.35. The highest BCUT2D eigenvalue weighted by Gasteiger charge is 2.12. The first-order chi connectivity index (χ1) is 7.49. The Hall–Kier alpha value is -0.810. The molecular weight excluding hydrogens is 206 g/mol. The zero-order valence-corrected chi connectivity index (χ0v) is 10.5. The van der Waals surface area contributed by atoms with E-state index in [1.54, 1.807) is 0 Å². The molecule has 0 aromatic rings. The van der Waals surface area contributed by atoms with Gasteiger partial charge in [0.25, 0.3) is 0 Å². The summed E-state index contributed by atoms with van der Waals surface area (Å²) in [6, 6.07) is 0.151. The monoisotopic (exact) mass is 231 g/mol. The highest BCUT2D eigenvalue weighted by molar-refractivity contribution is 5.80. The number of aliphatic hydroxyl groups is 1. The lowest BCUT2D eigenvalue weighted by Crippen LogP contribution is -2.38. The largest absolute Gasteiger partial charge is 0.409 e. The Bertz CT molecular complexity index is 207. The minimum atomic E-state index is -0.332. The van der Waals surface area contributed by atoms with Crippen molar-refractivity contribution in [3.05, 3.63) is 0 Å². The summed E-state index contributed by atoms with van der Waals surface area (Å²) >= 11 is 0. The number of aliphatic hydroxyl groups excluding tert-OH is 1. The highest BCUT2D eigenvalue weighted by Crippen LogP contribution is 2.04. The van der Waals surface area contributed by atoms with E-state index in [2.05, 4.69) is 24.3 Å². The molecule has 0 saturated carbocycles. The van der Waals surface area contributed by atoms with Gasteiger partial charge in [0.15, 0.2) is 0 Å². The van der Waals surface area contributed by atoms with Crippen LogP contribution in [0.2, 0.25) is 0 Å². The Kier molecular flexibility index (Phi) is 7.93. The van der Waals surface area contributed by atoms with Gasteiger partial charge < -0.3 is 21.4 Å². The molecule has 0 aliphatic heterocycles. The van der Waals surface area contributed by atoms with E-state index < -0.39 is 0 Å². The van der Waals surface area contributed by atoms with E-state index >= 15 is 0 Å². The number of nitrogens with zero attached hydrogens (tertiary/aromatic N) is 1. The summed E-state index contributed by atoms with van der Waals surface area (Å²) in [4.78, 5) is 0. The molecule has 2 atom stereocenters. The van der Waals surface area contributed by atoms with Crippen LogP contribution in [-0.2, 0) is 0 Å². The molecule has 0 saturated heterocycles. The van der Waals surface area contributed by atoms with Crippen molar-refractivity contribution in [3.63, 3.8) is 0 Å². The van der Waals surface area contributed by atoms with Crippen LogP contribution in [0.15, 0.2) is 5.16 Å². The summed E-state index contributed by atoms with van der Waals surface area (Å²) in [7, 11) is 0. The lowest BCUT2D eigenvalue weighted by atomic mass is 10.1. The van der Waals surface area contributed by atoms with Crippen molar-refractivity contribution in [3.8, 4) is 0 Å². The quantitative estimate of drug-likeness (QED) is 0.216. The topological polar surface area (TPSA) is 90.9 Å². The van der Waals surface area contributed by atoms with Crippen LogP contribution in [0.1, 0.15) is 40.0 Å². The van der Waals surface area contributed by atoms with Gasteiger partial charge >= 0.3 is 0 Å². The number of oxime groups is 1. The summed E-state index contributed by atoms with van der Waals surface area (Å²) in [6.07, 6.45) is 1.83. The van der Waals surface area contributed by atoms with Gasteiger partial charge in [-0.1, -0.05) is 25.9 Å². The van der Waals surface area contributed by atoms with Gasteiger partial charge in [-0.3, -0.25) is 0 Å². The van der Waals surface area contributed by atoms with Gasteiger partial charge in [0.05, 0.1) is 6.10 Å². The van der Waals surface area contributed by atoms with E-state index in [1.807, 2.05) is 6.92 Å². The third-order valence-corrected chi connectivity index (χ3v) is 2.46.